The van der Waals surface area contributed by atoms with Crippen molar-refractivity contribution in [2.24, 2.45) is 11.8 Å². The monoisotopic (exact) mass is 801 g/mol. The molecule has 2 heterocycles. The van der Waals surface area contributed by atoms with Crippen molar-refractivity contribution in [1.29, 1.82) is 0 Å². The van der Waals surface area contributed by atoms with E-state index < -0.39 is 0 Å². The number of nitrogens with zero attached hydrogens (tertiary/aromatic N) is 1. The topological polar surface area (TPSA) is 63.3 Å². The summed E-state index contributed by atoms with van der Waals surface area (Å²) in [5, 5.41) is 12.1. The molecule has 0 unspecified atom stereocenters. The summed E-state index contributed by atoms with van der Waals surface area (Å²) in [4.78, 5) is 16.7. The van der Waals surface area contributed by atoms with Gasteiger partial charge in [0, 0.05) is 66.1 Å². The average Bonchev–Trinajstić information content (AvgIpc) is 3.33. The van der Waals surface area contributed by atoms with Crippen molar-refractivity contribution in [2.45, 2.75) is 125 Å². The summed E-state index contributed by atoms with van der Waals surface area (Å²) in [6.45, 7) is 26.1. The second-order valence-corrected chi connectivity index (χ2v) is 15.3. The smallest absolute Gasteiger partial charge is 0.162 e. The minimum absolute atomic E-state index is 0. The van der Waals surface area contributed by atoms with Gasteiger partial charge in [-0.05, 0) is 53.2 Å². The number of aliphatic hydroxyl groups is 1. The normalized spacial score (nSPS) is 14.3. The molecule has 46 heavy (non-hydrogen) atoms. The number of benzene rings is 2. The third kappa shape index (κ3) is 6.92. The third-order valence-electron chi connectivity index (χ3n) is 9.78. The van der Waals surface area contributed by atoms with E-state index in [0.717, 1.165) is 59.1 Å². The van der Waals surface area contributed by atoms with Gasteiger partial charge in [0.1, 0.15) is 11.2 Å². The summed E-state index contributed by atoms with van der Waals surface area (Å²) in [5.41, 5.74) is 8.77. The van der Waals surface area contributed by atoms with E-state index in [1.54, 1.807) is 0 Å². The number of fused-ring (bicyclic) bond motifs is 2. The van der Waals surface area contributed by atoms with Crippen LogP contribution in [0.4, 0.5) is 0 Å². The van der Waals surface area contributed by atoms with E-state index >= 15 is 0 Å². The summed E-state index contributed by atoms with van der Waals surface area (Å²) < 4.78 is 6.78. The van der Waals surface area contributed by atoms with Crippen molar-refractivity contribution >= 4 is 27.7 Å². The average molecular weight is 801 g/mol. The van der Waals surface area contributed by atoms with Gasteiger partial charge in [-0.25, -0.2) is 0 Å². The first-order valence-electron chi connectivity index (χ1n) is 16.9. The van der Waals surface area contributed by atoms with Crippen molar-refractivity contribution in [2.75, 3.05) is 0 Å². The quantitative estimate of drug-likeness (QED) is 0.115. The molecular weight excluding hydrogens is 747 g/mol. The Labute approximate surface area is 290 Å². The number of carbonyl (C=O) groups excluding carboxylic acids is 1. The van der Waals surface area contributed by atoms with Crippen LogP contribution in [0.1, 0.15) is 131 Å². The van der Waals surface area contributed by atoms with Gasteiger partial charge in [-0.2, -0.15) is 0 Å². The zero-order valence-corrected chi connectivity index (χ0v) is 32.5. The first-order valence-corrected chi connectivity index (χ1v) is 16.9. The molecule has 0 aliphatic heterocycles. The Morgan fingerprint density at radius 2 is 1.43 bits per heavy atom. The van der Waals surface area contributed by atoms with E-state index in [0.29, 0.717) is 0 Å². The predicted molar refractivity (Wildman–Crippen MR) is 189 cm³/mol. The largest absolute Gasteiger partial charge is 0.512 e. The van der Waals surface area contributed by atoms with Crippen LogP contribution in [0.25, 0.3) is 33.2 Å². The maximum atomic E-state index is 11.7. The van der Waals surface area contributed by atoms with Gasteiger partial charge in [-0.1, -0.05) is 95.2 Å². The maximum Gasteiger partial charge on any atom is 0.162 e. The molecule has 4 nitrogen and oxygen atoms in total. The number of allylic oxidation sites excluding steroid dienone is 2. The number of rotatable bonds is 7. The molecule has 0 atom stereocenters. The van der Waals surface area contributed by atoms with Gasteiger partial charge < -0.3 is 14.5 Å². The van der Waals surface area contributed by atoms with Gasteiger partial charge in [-0.15, -0.1) is 35.4 Å². The van der Waals surface area contributed by atoms with Gasteiger partial charge in [-0.3, -0.25) is 4.79 Å². The number of pyridine rings is 1. The minimum Gasteiger partial charge on any atom is -0.512 e. The molecule has 2 aromatic carbocycles. The van der Waals surface area contributed by atoms with Crippen molar-refractivity contribution in [3.63, 3.8) is 0 Å². The van der Waals surface area contributed by atoms with Crippen LogP contribution in [0.2, 0.25) is 0 Å². The molecule has 2 aromatic heterocycles. The van der Waals surface area contributed by atoms with E-state index in [4.69, 9.17) is 9.40 Å². The Bertz CT molecular complexity index is 1720. The Balaban J connectivity index is 0.000000309. The van der Waals surface area contributed by atoms with E-state index in [-0.39, 0.29) is 59.7 Å². The van der Waals surface area contributed by atoms with E-state index in [1.165, 1.54) is 28.2 Å². The van der Waals surface area contributed by atoms with E-state index in [9.17, 15) is 9.90 Å². The number of aromatic nitrogens is 1. The van der Waals surface area contributed by atoms with Crippen LogP contribution in [0.5, 0.6) is 0 Å². The van der Waals surface area contributed by atoms with Crippen molar-refractivity contribution in [1.82, 2.24) is 4.98 Å². The summed E-state index contributed by atoms with van der Waals surface area (Å²) in [7, 11) is 0. The molecule has 0 fully saturated rings. The number of carbonyl (C=O) groups is 1. The second-order valence-electron chi connectivity index (χ2n) is 15.3. The molecule has 1 aliphatic rings. The summed E-state index contributed by atoms with van der Waals surface area (Å²) in [6.07, 6.45) is 6.92. The van der Waals surface area contributed by atoms with Gasteiger partial charge in [0.2, 0.25) is 0 Å². The Kier molecular flexibility index (Phi) is 11.6. The number of furan rings is 1. The van der Waals surface area contributed by atoms with Crippen LogP contribution in [-0.2, 0) is 41.1 Å². The fraction of sp³-hybridized carbons (Fsp3) is 0.512. The first kappa shape index (κ1) is 37.7. The van der Waals surface area contributed by atoms with Gasteiger partial charge in [0.05, 0.1) is 5.76 Å². The summed E-state index contributed by atoms with van der Waals surface area (Å²) in [6, 6.07) is 14.4. The number of hydrogen-bond acceptors (Lipinski definition) is 4. The zero-order chi connectivity index (χ0) is 33.5. The van der Waals surface area contributed by atoms with Gasteiger partial charge in [0.15, 0.2) is 5.78 Å². The van der Waals surface area contributed by atoms with E-state index in [1.807, 2.05) is 40.0 Å². The fourth-order valence-electron chi connectivity index (χ4n) is 6.78. The Hall–Kier alpha value is -2.75. The summed E-state index contributed by atoms with van der Waals surface area (Å²) in [5.74, 6) is 0.547. The Morgan fingerprint density at radius 3 is 1.98 bits per heavy atom. The van der Waals surface area contributed by atoms with Crippen molar-refractivity contribution < 1.29 is 34.4 Å². The molecule has 5 heteroatoms. The molecule has 0 spiro atoms. The molecule has 0 bridgehead atoms. The van der Waals surface area contributed by atoms with E-state index in [2.05, 4.69) is 85.7 Å². The molecule has 1 radical (unpaired) electrons. The van der Waals surface area contributed by atoms with Crippen LogP contribution in [0.15, 0.2) is 52.8 Å². The zero-order valence-electron chi connectivity index (χ0n) is 30.1. The molecule has 0 saturated heterocycles. The third-order valence-corrected chi connectivity index (χ3v) is 9.78. The molecule has 5 rings (SSSR count). The van der Waals surface area contributed by atoms with Gasteiger partial charge in [0.25, 0.3) is 0 Å². The number of ketones is 1. The maximum absolute atomic E-state index is 11.7. The van der Waals surface area contributed by atoms with Gasteiger partial charge >= 0.3 is 0 Å². The number of hydrogen-bond donors (Lipinski definition) is 1. The fourth-order valence-corrected chi connectivity index (χ4v) is 6.78. The molecule has 0 amide bonds. The molecule has 251 valence electrons. The standard InChI is InChI=1S/C28H30NO.C13H24O2.Ir/c1-26(2,3)19-14-13-18-21-22-23(16-11-9-10-12-17(16)28(18,7)8)29-15-20(27(4,5)6)25(22)30-24(19)21;1-5-10(6-2)12(14)9-13(15)11(7-3)8-4;/h9-10,12-15H,1-8H3;9-11,14H,5-8H2,1-4H3;/q-1;;/b;12-9-;. The van der Waals surface area contributed by atoms with Crippen LogP contribution in [-0.4, -0.2) is 15.9 Å². The SMILES string of the molecule is CC(C)(C)c1ccc2c3c1oc1c(C(C)(C)C)cnc(c13)-c1[c-]cccc1C2(C)C.CCC(CC)C(=O)/C=C(\O)C(CC)CC.[Ir]. The Morgan fingerprint density at radius 1 is 0.870 bits per heavy atom. The summed E-state index contributed by atoms with van der Waals surface area (Å²) >= 11 is 0. The first-order chi connectivity index (χ1) is 21.0. The van der Waals surface area contributed by atoms with Crippen LogP contribution in [0, 0.1) is 17.9 Å². The second kappa shape index (κ2) is 14.2. The number of aliphatic hydroxyl groups excluding tert-OH is 1. The molecule has 1 aliphatic carbocycles. The van der Waals surface area contributed by atoms with Crippen molar-refractivity contribution in [3.8, 4) is 11.3 Å². The predicted octanol–water partition coefficient (Wildman–Crippen LogP) is 11.5. The minimum atomic E-state index is -0.179. The molecule has 4 aromatic rings. The molecule has 0 saturated carbocycles. The van der Waals surface area contributed by atoms with Crippen LogP contribution < -0.4 is 0 Å². The molecule has 1 N–H and O–H groups in total. The van der Waals surface area contributed by atoms with Crippen molar-refractivity contribution in [3.05, 3.63) is 76.7 Å². The van der Waals surface area contributed by atoms with Crippen LogP contribution >= 0.6 is 0 Å². The van der Waals surface area contributed by atoms with Crippen LogP contribution in [0.3, 0.4) is 0 Å². The molecular formula is C41H54IrNO3-.